The van der Waals surface area contributed by atoms with E-state index in [2.05, 4.69) is 0 Å². The Morgan fingerprint density at radius 2 is 1.52 bits per heavy atom. The molecule has 0 amide bonds. The zero-order valence-corrected chi connectivity index (χ0v) is 12.8. The van der Waals surface area contributed by atoms with Crippen molar-refractivity contribution in [2.75, 3.05) is 6.61 Å². The summed E-state index contributed by atoms with van der Waals surface area (Å²) < 4.78 is 4.82. The van der Waals surface area contributed by atoms with Crippen LogP contribution in [0, 0.1) is 0 Å². The molecule has 2 atom stereocenters. The van der Waals surface area contributed by atoms with E-state index in [0.29, 0.717) is 5.56 Å². The summed E-state index contributed by atoms with van der Waals surface area (Å²) in [6, 6.07) is 17.2. The van der Waals surface area contributed by atoms with Crippen LogP contribution >= 0.6 is 0 Å². The minimum absolute atomic E-state index is 0.152. The molecule has 0 aliphatic rings. The first-order valence-corrected chi connectivity index (χ1v) is 7.56. The van der Waals surface area contributed by atoms with Gasteiger partial charge in [0.15, 0.2) is 6.10 Å². The standard InChI is InChI=1S/C19H18O4/c1-2-23-19(22)18(21)17(20)16-14-9-5-3-7-12(14)11-13-8-4-6-10-15(13)16/h3-11,17-18,20-21H,2H2,1H3. The summed E-state index contributed by atoms with van der Waals surface area (Å²) in [5, 5.41) is 24.3. The Morgan fingerprint density at radius 1 is 1.00 bits per heavy atom. The van der Waals surface area contributed by atoms with Crippen molar-refractivity contribution >= 4 is 27.5 Å². The third-order valence-corrected chi connectivity index (χ3v) is 3.94. The molecule has 3 aromatic carbocycles. The molecule has 4 nitrogen and oxygen atoms in total. The molecule has 0 radical (unpaired) electrons. The molecule has 0 aliphatic carbocycles. The van der Waals surface area contributed by atoms with Crippen LogP contribution < -0.4 is 0 Å². The lowest BCUT2D eigenvalue weighted by Gasteiger charge is -2.20. The van der Waals surface area contributed by atoms with E-state index >= 15 is 0 Å². The third-order valence-electron chi connectivity index (χ3n) is 3.94. The van der Waals surface area contributed by atoms with E-state index in [1.165, 1.54) is 0 Å². The van der Waals surface area contributed by atoms with Gasteiger partial charge < -0.3 is 14.9 Å². The van der Waals surface area contributed by atoms with Crippen LogP contribution in [-0.4, -0.2) is 28.9 Å². The lowest BCUT2D eigenvalue weighted by Crippen LogP contribution is -2.30. The average Bonchev–Trinajstić information content (AvgIpc) is 2.58. The minimum Gasteiger partial charge on any atom is -0.464 e. The highest BCUT2D eigenvalue weighted by Crippen LogP contribution is 2.34. The summed E-state index contributed by atoms with van der Waals surface area (Å²) in [5.74, 6) is -0.822. The zero-order valence-electron chi connectivity index (χ0n) is 12.8. The maximum atomic E-state index is 11.8. The number of aliphatic hydroxyl groups is 2. The van der Waals surface area contributed by atoms with E-state index < -0.39 is 18.2 Å². The Hall–Kier alpha value is -2.43. The minimum atomic E-state index is -1.62. The maximum absolute atomic E-state index is 11.8. The molecule has 2 unspecified atom stereocenters. The van der Waals surface area contributed by atoms with Gasteiger partial charge in [0.2, 0.25) is 0 Å². The maximum Gasteiger partial charge on any atom is 0.338 e. The van der Waals surface area contributed by atoms with Crippen molar-refractivity contribution in [1.82, 2.24) is 0 Å². The Balaban J connectivity index is 2.22. The van der Waals surface area contributed by atoms with E-state index in [1.807, 2.05) is 54.6 Å². The molecule has 0 spiro atoms. The first-order chi connectivity index (χ1) is 11.1. The second-order valence-corrected chi connectivity index (χ2v) is 5.37. The first-order valence-electron chi connectivity index (χ1n) is 7.56. The summed E-state index contributed by atoms with van der Waals surface area (Å²) in [5.41, 5.74) is 0.541. The van der Waals surface area contributed by atoms with E-state index in [1.54, 1.807) is 6.92 Å². The summed E-state index contributed by atoms with van der Waals surface area (Å²) in [7, 11) is 0. The first kappa shape index (κ1) is 15.5. The van der Waals surface area contributed by atoms with E-state index in [4.69, 9.17) is 4.74 Å². The lowest BCUT2D eigenvalue weighted by molar-refractivity contribution is -0.159. The molecule has 0 saturated carbocycles. The number of benzene rings is 3. The molecule has 2 N–H and O–H groups in total. The lowest BCUT2D eigenvalue weighted by atomic mass is 9.91. The second-order valence-electron chi connectivity index (χ2n) is 5.37. The number of esters is 1. The fourth-order valence-electron chi connectivity index (χ4n) is 2.88. The molecule has 3 rings (SSSR count). The number of hydrogen-bond acceptors (Lipinski definition) is 4. The topological polar surface area (TPSA) is 66.8 Å². The molecule has 0 heterocycles. The fourth-order valence-corrected chi connectivity index (χ4v) is 2.88. The van der Waals surface area contributed by atoms with Gasteiger partial charge >= 0.3 is 5.97 Å². The smallest absolute Gasteiger partial charge is 0.338 e. The molecule has 118 valence electrons. The van der Waals surface area contributed by atoms with Gasteiger partial charge in [0.05, 0.1) is 6.61 Å². The van der Waals surface area contributed by atoms with Gasteiger partial charge in [-0.05, 0) is 40.1 Å². The number of fused-ring (bicyclic) bond motifs is 2. The van der Waals surface area contributed by atoms with Crippen LogP contribution in [-0.2, 0) is 9.53 Å². The number of hydrogen-bond donors (Lipinski definition) is 2. The van der Waals surface area contributed by atoms with Gasteiger partial charge in [0.1, 0.15) is 6.10 Å². The molecule has 23 heavy (non-hydrogen) atoms. The Morgan fingerprint density at radius 3 is 2.04 bits per heavy atom. The van der Waals surface area contributed by atoms with Gasteiger partial charge in [-0.3, -0.25) is 0 Å². The summed E-state index contributed by atoms with van der Waals surface area (Å²) in [6.45, 7) is 1.81. The van der Waals surface area contributed by atoms with Crippen molar-refractivity contribution in [3.63, 3.8) is 0 Å². The molecule has 4 heteroatoms. The van der Waals surface area contributed by atoms with E-state index in [-0.39, 0.29) is 6.61 Å². The van der Waals surface area contributed by atoms with Gasteiger partial charge in [0.25, 0.3) is 0 Å². The van der Waals surface area contributed by atoms with Crippen molar-refractivity contribution in [1.29, 1.82) is 0 Å². The van der Waals surface area contributed by atoms with E-state index in [0.717, 1.165) is 21.5 Å². The molecule has 0 bridgehead atoms. The fraction of sp³-hybridized carbons (Fsp3) is 0.211. The Bertz CT molecular complexity index is 802. The van der Waals surface area contributed by atoms with Crippen molar-refractivity contribution in [3.8, 4) is 0 Å². The normalized spacial score (nSPS) is 13.9. The van der Waals surface area contributed by atoms with Crippen LogP contribution in [0.15, 0.2) is 54.6 Å². The van der Waals surface area contributed by atoms with Crippen LogP contribution in [0.1, 0.15) is 18.6 Å². The number of carbonyl (C=O) groups is 1. The molecular formula is C19H18O4. The number of rotatable bonds is 4. The molecule has 0 saturated heterocycles. The quantitative estimate of drug-likeness (QED) is 0.574. The molecule has 0 fully saturated rings. The number of aliphatic hydroxyl groups excluding tert-OH is 2. The Kier molecular flexibility index (Phi) is 4.28. The van der Waals surface area contributed by atoms with Crippen LogP contribution in [0.5, 0.6) is 0 Å². The third kappa shape index (κ3) is 2.79. The molecule has 3 aromatic rings. The predicted molar refractivity (Wildman–Crippen MR) is 89.1 cm³/mol. The molecule has 0 aliphatic heterocycles. The van der Waals surface area contributed by atoms with Gasteiger partial charge in [-0.25, -0.2) is 4.79 Å². The Labute approximate surface area is 133 Å². The van der Waals surface area contributed by atoms with Crippen molar-refractivity contribution in [2.24, 2.45) is 0 Å². The van der Waals surface area contributed by atoms with Gasteiger partial charge in [-0.2, -0.15) is 0 Å². The van der Waals surface area contributed by atoms with E-state index in [9.17, 15) is 15.0 Å². The van der Waals surface area contributed by atoms with Crippen LogP contribution in [0.3, 0.4) is 0 Å². The SMILES string of the molecule is CCOC(=O)C(O)C(O)c1c2ccccc2cc2ccccc12. The summed E-state index contributed by atoms with van der Waals surface area (Å²) in [4.78, 5) is 11.8. The molecule has 0 aromatic heterocycles. The monoisotopic (exact) mass is 310 g/mol. The van der Waals surface area contributed by atoms with Crippen LogP contribution in [0.25, 0.3) is 21.5 Å². The summed E-state index contributed by atoms with van der Waals surface area (Å²) >= 11 is 0. The highest BCUT2D eigenvalue weighted by molar-refractivity contribution is 6.03. The second kappa shape index (κ2) is 6.36. The zero-order chi connectivity index (χ0) is 16.4. The molecular weight excluding hydrogens is 292 g/mol. The van der Waals surface area contributed by atoms with Crippen LogP contribution in [0.2, 0.25) is 0 Å². The average molecular weight is 310 g/mol. The number of carbonyl (C=O) groups excluding carboxylic acids is 1. The number of ether oxygens (including phenoxy) is 1. The van der Waals surface area contributed by atoms with Gasteiger partial charge in [-0.15, -0.1) is 0 Å². The largest absolute Gasteiger partial charge is 0.464 e. The van der Waals surface area contributed by atoms with Crippen molar-refractivity contribution in [3.05, 3.63) is 60.2 Å². The van der Waals surface area contributed by atoms with Crippen molar-refractivity contribution in [2.45, 2.75) is 19.1 Å². The van der Waals surface area contributed by atoms with Gasteiger partial charge in [-0.1, -0.05) is 48.5 Å². The van der Waals surface area contributed by atoms with Crippen LogP contribution in [0.4, 0.5) is 0 Å². The highest BCUT2D eigenvalue weighted by Gasteiger charge is 2.29. The van der Waals surface area contributed by atoms with Crippen molar-refractivity contribution < 1.29 is 19.7 Å². The predicted octanol–water partition coefficient (Wildman–Crippen LogP) is 2.95. The summed E-state index contributed by atoms with van der Waals surface area (Å²) in [6.07, 6.45) is -2.98. The van der Waals surface area contributed by atoms with Gasteiger partial charge in [0, 0.05) is 0 Å². The highest BCUT2D eigenvalue weighted by atomic mass is 16.5.